The maximum atomic E-state index is 11.6. The van der Waals surface area contributed by atoms with E-state index >= 15 is 0 Å². The zero-order chi connectivity index (χ0) is 25.4. The number of nitrogens with two attached hydrogens (primary N) is 1. The molecule has 0 aromatic heterocycles. The molecule has 0 aliphatic carbocycles. The molecule has 0 aromatic rings. The molecule has 15 nitrogen and oxygen atoms in total. The van der Waals surface area contributed by atoms with Gasteiger partial charge in [0, 0.05) is 6.42 Å². The highest BCUT2D eigenvalue weighted by atomic mass is 16.6. The van der Waals surface area contributed by atoms with Crippen molar-refractivity contribution >= 4 is 24.5 Å². The Bertz CT molecular complexity index is 561. The maximum absolute atomic E-state index is 11.6. The van der Waals surface area contributed by atoms with Gasteiger partial charge in [-0.15, -0.1) is 0 Å². The van der Waals surface area contributed by atoms with Gasteiger partial charge in [0.25, 0.3) is 0 Å². The normalized spacial score (nSPS) is 18.4. The van der Waals surface area contributed by atoms with Crippen LogP contribution in [0.25, 0.3) is 0 Å². The van der Waals surface area contributed by atoms with Crippen molar-refractivity contribution in [3.63, 3.8) is 0 Å². The maximum Gasteiger partial charge on any atom is 0.323 e. The molecule has 0 aliphatic rings. The Morgan fingerprint density at radius 1 is 0.844 bits per heavy atom. The fourth-order valence-electron chi connectivity index (χ4n) is 1.94. The van der Waals surface area contributed by atoms with E-state index in [0.29, 0.717) is 0 Å². The fraction of sp³-hybridized carbons (Fsp3) is 0.765. The Hall–Kier alpha value is -2.08. The number of aliphatic carboxylic acids is 1. The number of carboxylic acids is 1. The summed E-state index contributed by atoms with van der Waals surface area (Å²) in [6.45, 7) is -1.56. The van der Waals surface area contributed by atoms with Crippen LogP contribution >= 0.6 is 0 Å². The van der Waals surface area contributed by atoms with Crippen molar-refractivity contribution in [3.05, 3.63) is 0 Å². The first kappa shape index (κ1) is 32.1. The van der Waals surface area contributed by atoms with Crippen LogP contribution in [0.1, 0.15) is 19.3 Å². The zero-order valence-corrected chi connectivity index (χ0v) is 17.0. The minimum absolute atomic E-state index is 0.00533. The van der Waals surface area contributed by atoms with Crippen molar-refractivity contribution in [1.82, 2.24) is 0 Å². The van der Waals surface area contributed by atoms with E-state index in [1.54, 1.807) is 0 Å². The molecule has 0 aliphatic heterocycles. The summed E-state index contributed by atoms with van der Waals surface area (Å²) in [5, 5.41) is 79.3. The van der Waals surface area contributed by atoms with Gasteiger partial charge in [-0.3, -0.25) is 14.4 Å². The van der Waals surface area contributed by atoms with Crippen LogP contribution in [0.15, 0.2) is 0 Å². The van der Waals surface area contributed by atoms with Crippen molar-refractivity contribution < 1.29 is 69.9 Å². The van der Waals surface area contributed by atoms with Crippen LogP contribution < -0.4 is 5.73 Å². The molecular formula is C17H31NO14. The number of carbonyl (C=O) groups is 4. The largest absolute Gasteiger partial charge is 0.481 e. The Labute approximate surface area is 182 Å². The molecule has 188 valence electrons. The molecule has 0 radical (unpaired) electrons. The summed E-state index contributed by atoms with van der Waals surface area (Å²) in [7, 11) is 0. The van der Waals surface area contributed by atoms with Crippen molar-refractivity contribution in [2.24, 2.45) is 5.73 Å². The summed E-state index contributed by atoms with van der Waals surface area (Å²) in [4.78, 5) is 42.5. The van der Waals surface area contributed by atoms with Gasteiger partial charge in [0.2, 0.25) is 0 Å². The minimum Gasteiger partial charge on any atom is -0.481 e. The smallest absolute Gasteiger partial charge is 0.323 e. The number of hydrogen-bond acceptors (Lipinski definition) is 14. The van der Waals surface area contributed by atoms with Crippen LogP contribution in [0, 0.1) is 0 Å². The minimum atomic E-state index is -1.95. The molecule has 0 heterocycles. The van der Waals surface area contributed by atoms with Crippen LogP contribution in [0.2, 0.25) is 0 Å². The molecule has 0 aromatic carbocycles. The van der Waals surface area contributed by atoms with E-state index in [1.807, 2.05) is 0 Å². The van der Waals surface area contributed by atoms with E-state index < -0.39 is 73.9 Å². The van der Waals surface area contributed by atoms with Gasteiger partial charge in [0.1, 0.15) is 42.7 Å². The molecule has 15 heteroatoms. The number of aliphatic hydroxyl groups is 8. The molecule has 0 rings (SSSR count). The molecule has 0 spiro atoms. The second-order valence-corrected chi connectivity index (χ2v) is 6.53. The fourth-order valence-corrected chi connectivity index (χ4v) is 1.94. The number of hydrogen-bond donors (Lipinski definition) is 10. The van der Waals surface area contributed by atoms with Crippen LogP contribution in [-0.4, -0.2) is 132 Å². The van der Waals surface area contributed by atoms with Crippen LogP contribution in [0.4, 0.5) is 0 Å². The van der Waals surface area contributed by atoms with Crippen molar-refractivity contribution in [2.75, 3.05) is 13.2 Å². The Morgan fingerprint density at radius 2 is 1.34 bits per heavy atom. The van der Waals surface area contributed by atoms with Gasteiger partial charge in [-0.05, 0) is 12.8 Å². The lowest BCUT2D eigenvalue weighted by Gasteiger charge is -2.26. The second-order valence-electron chi connectivity index (χ2n) is 6.53. The molecule has 0 saturated heterocycles. The van der Waals surface area contributed by atoms with E-state index in [-0.39, 0.29) is 31.8 Å². The van der Waals surface area contributed by atoms with E-state index in [0.717, 1.165) is 0 Å². The molecule has 1 unspecified atom stereocenters. The Balaban J connectivity index is 0. The molecule has 8 atom stereocenters. The van der Waals surface area contributed by atoms with Crippen molar-refractivity contribution in [1.29, 1.82) is 0 Å². The first-order valence-electron chi connectivity index (χ1n) is 9.26. The van der Waals surface area contributed by atoms with E-state index in [9.17, 15) is 29.4 Å². The number of esters is 1. The van der Waals surface area contributed by atoms with Gasteiger partial charge in [0.15, 0.2) is 18.7 Å². The lowest BCUT2D eigenvalue weighted by atomic mass is 10.0. The van der Waals surface area contributed by atoms with E-state index in [2.05, 4.69) is 4.74 Å². The summed E-state index contributed by atoms with van der Waals surface area (Å²) >= 11 is 0. The Kier molecular flexibility index (Phi) is 17.5. The van der Waals surface area contributed by atoms with Crippen molar-refractivity contribution in [3.8, 4) is 0 Å². The standard InChI is InChI=1S/C12H21NO9.C5H10O5/c13-6(2-1-3-9(17)18)12(21)22-8(5-15)11(20)10(19)7(16)4-14;6-1-3(8)5(10)4(9)2-7/h5-8,10-11,14,16,19-20H,1-4,13H2,(H,17,18);1,3-5,7-10H,2H2/t6?,7-,8-,10-,11-;3-,4-,5+/m11/s1. The summed E-state index contributed by atoms with van der Waals surface area (Å²) < 4.78 is 4.61. The zero-order valence-electron chi connectivity index (χ0n) is 17.0. The molecule has 0 bridgehead atoms. The number of aliphatic hydroxyl groups excluding tert-OH is 8. The second kappa shape index (κ2) is 17.5. The highest BCUT2D eigenvalue weighted by molar-refractivity contribution is 5.78. The average molecular weight is 473 g/mol. The predicted molar refractivity (Wildman–Crippen MR) is 102 cm³/mol. The molecule has 0 amide bonds. The Morgan fingerprint density at radius 3 is 1.75 bits per heavy atom. The first-order valence-corrected chi connectivity index (χ1v) is 9.26. The number of ether oxygens (including phenoxy) is 1. The van der Waals surface area contributed by atoms with Crippen molar-refractivity contribution in [2.45, 2.75) is 68.0 Å². The molecule has 0 saturated carbocycles. The van der Waals surface area contributed by atoms with Gasteiger partial charge in [-0.1, -0.05) is 0 Å². The van der Waals surface area contributed by atoms with Gasteiger partial charge < -0.3 is 61.2 Å². The van der Waals surface area contributed by atoms with Crippen LogP contribution in [0.5, 0.6) is 0 Å². The lowest BCUT2D eigenvalue weighted by Crippen LogP contribution is -2.49. The SMILES string of the molecule is NC(CCCC(=O)O)C(=O)O[C@H](C=O)[C@@H](O)[C@H](O)[C@H](O)CO.O=C[C@@H](O)[C@H](O)[C@H](O)CO. The molecular weight excluding hydrogens is 442 g/mol. The monoisotopic (exact) mass is 473 g/mol. The lowest BCUT2D eigenvalue weighted by molar-refractivity contribution is -0.169. The molecule has 32 heavy (non-hydrogen) atoms. The topological polar surface area (TPSA) is 286 Å². The molecule has 0 fully saturated rings. The quantitative estimate of drug-likeness (QED) is 0.0782. The van der Waals surface area contributed by atoms with Gasteiger partial charge in [0.05, 0.1) is 13.2 Å². The van der Waals surface area contributed by atoms with Gasteiger partial charge >= 0.3 is 11.9 Å². The molecule has 11 N–H and O–H groups in total. The third kappa shape index (κ3) is 12.7. The summed E-state index contributed by atoms with van der Waals surface area (Å²) in [5.41, 5.74) is 5.45. The number of carboxylic acid groups (broad SMARTS) is 1. The summed E-state index contributed by atoms with van der Waals surface area (Å²) in [6, 6.07) is -1.20. The van der Waals surface area contributed by atoms with Gasteiger partial charge in [-0.25, -0.2) is 0 Å². The third-order valence-electron chi connectivity index (χ3n) is 3.93. The van der Waals surface area contributed by atoms with Crippen LogP contribution in [-0.2, 0) is 23.9 Å². The average Bonchev–Trinajstić information content (AvgIpc) is 2.79. The number of aldehydes is 2. The summed E-state index contributed by atoms with van der Waals surface area (Å²) in [6.07, 6.45) is -12.0. The number of rotatable bonds is 15. The first-order chi connectivity index (χ1) is 14.9. The van der Waals surface area contributed by atoms with E-state index in [1.165, 1.54) is 0 Å². The predicted octanol–water partition coefficient (Wildman–Crippen LogP) is -5.99. The highest BCUT2D eigenvalue weighted by Gasteiger charge is 2.34. The summed E-state index contributed by atoms with van der Waals surface area (Å²) in [5.74, 6) is -2.12. The third-order valence-corrected chi connectivity index (χ3v) is 3.93. The van der Waals surface area contributed by atoms with Crippen LogP contribution in [0.3, 0.4) is 0 Å². The highest BCUT2D eigenvalue weighted by Crippen LogP contribution is 2.09. The van der Waals surface area contributed by atoms with E-state index in [4.69, 9.17) is 41.5 Å². The van der Waals surface area contributed by atoms with Gasteiger partial charge in [-0.2, -0.15) is 0 Å². The number of carbonyl (C=O) groups excluding carboxylic acids is 3.